The average molecular weight is 360 g/mol. The molecule has 1 fully saturated rings. The van der Waals surface area contributed by atoms with E-state index in [0.717, 1.165) is 31.1 Å². The van der Waals surface area contributed by atoms with Crippen molar-refractivity contribution in [3.63, 3.8) is 0 Å². The second-order valence-corrected chi connectivity index (χ2v) is 6.85. The molecule has 27 heavy (non-hydrogen) atoms. The third-order valence-electron chi connectivity index (χ3n) is 4.79. The van der Waals surface area contributed by atoms with Crippen LogP contribution in [0.2, 0.25) is 0 Å². The van der Waals surface area contributed by atoms with Crippen LogP contribution in [0.15, 0.2) is 60.8 Å². The van der Waals surface area contributed by atoms with Gasteiger partial charge in [-0.05, 0) is 42.7 Å². The fourth-order valence-corrected chi connectivity index (χ4v) is 3.33. The predicted molar refractivity (Wildman–Crippen MR) is 110 cm³/mol. The van der Waals surface area contributed by atoms with Gasteiger partial charge < -0.3 is 15.1 Å². The van der Waals surface area contributed by atoms with Crippen molar-refractivity contribution in [3.05, 3.63) is 66.4 Å². The molecule has 1 saturated heterocycles. The standard InChI is InChI=1S/C21H24N6/c1-26(16-17-7-3-2-4-8-17)20-15-22-25-21(24-20)23-18-9-11-19(12-10-18)27-13-5-6-14-27/h2-4,7-12,15H,5-6,13-14,16H2,1H3,(H,23,24,25). The number of nitrogens with zero attached hydrogens (tertiary/aromatic N) is 5. The lowest BCUT2D eigenvalue weighted by atomic mass is 10.2. The molecule has 138 valence electrons. The van der Waals surface area contributed by atoms with Crippen molar-refractivity contribution >= 4 is 23.1 Å². The summed E-state index contributed by atoms with van der Waals surface area (Å²) in [4.78, 5) is 9.07. The van der Waals surface area contributed by atoms with E-state index in [-0.39, 0.29) is 0 Å². The highest BCUT2D eigenvalue weighted by Gasteiger charge is 2.12. The lowest BCUT2D eigenvalue weighted by Crippen LogP contribution is -2.18. The number of hydrogen-bond acceptors (Lipinski definition) is 6. The molecule has 4 rings (SSSR count). The summed E-state index contributed by atoms with van der Waals surface area (Å²) in [6.07, 6.45) is 4.25. The van der Waals surface area contributed by atoms with Crippen LogP contribution in [0.1, 0.15) is 18.4 Å². The number of rotatable bonds is 6. The van der Waals surface area contributed by atoms with E-state index in [2.05, 4.69) is 66.7 Å². The zero-order chi connectivity index (χ0) is 18.5. The van der Waals surface area contributed by atoms with Gasteiger partial charge in [0, 0.05) is 38.1 Å². The maximum atomic E-state index is 4.59. The molecule has 2 heterocycles. The number of hydrogen-bond donors (Lipinski definition) is 1. The number of aromatic nitrogens is 3. The quantitative estimate of drug-likeness (QED) is 0.720. The van der Waals surface area contributed by atoms with Crippen molar-refractivity contribution in [1.29, 1.82) is 0 Å². The molecule has 1 aromatic heterocycles. The van der Waals surface area contributed by atoms with E-state index in [1.807, 2.05) is 25.2 Å². The van der Waals surface area contributed by atoms with Crippen LogP contribution in [-0.4, -0.2) is 35.3 Å². The third-order valence-corrected chi connectivity index (χ3v) is 4.79. The van der Waals surface area contributed by atoms with Crippen LogP contribution in [0.4, 0.5) is 23.1 Å². The van der Waals surface area contributed by atoms with Crippen LogP contribution in [0.3, 0.4) is 0 Å². The van der Waals surface area contributed by atoms with E-state index in [4.69, 9.17) is 0 Å². The molecular weight excluding hydrogens is 336 g/mol. The Morgan fingerprint density at radius 3 is 2.48 bits per heavy atom. The lowest BCUT2D eigenvalue weighted by Gasteiger charge is -2.19. The minimum Gasteiger partial charge on any atom is -0.372 e. The van der Waals surface area contributed by atoms with Gasteiger partial charge in [-0.15, -0.1) is 5.10 Å². The van der Waals surface area contributed by atoms with E-state index >= 15 is 0 Å². The van der Waals surface area contributed by atoms with Crippen LogP contribution in [0.5, 0.6) is 0 Å². The molecule has 6 heteroatoms. The summed E-state index contributed by atoms with van der Waals surface area (Å²) >= 11 is 0. The first kappa shape index (κ1) is 17.3. The lowest BCUT2D eigenvalue weighted by molar-refractivity contribution is 0.866. The molecule has 1 N–H and O–H groups in total. The molecule has 0 unspecified atom stereocenters. The van der Waals surface area contributed by atoms with Crippen molar-refractivity contribution < 1.29 is 0 Å². The minimum atomic E-state index is 0.501. The summed E-state index contributed by atoms with van der Waals surface area (Å²) in [6, 6.07) is 18.7. The Labute approximate surface area is 159 Å². The van der Waals surface area contributed by atoms with Crippen LogP contribution < -0.4 is 15.1 Å². The van der Waals surface area contributed by atoms with Gasteiger partial charge in [-0.2, -0.15) is 10.1 Å². The van der Waals surface area contributed by atoms with Gasteiger partial charge in [0.25, 0.3) is 0 Å². The van der Waals surface area contributed by atoms with Gasteiger partial charge in [0.15, 0.2) is 5.82 Å². The monoisotopic (exact) mass is 360 g/mol. The van der Waals surface area contributed by atoms with Crippen LogP contribution in [0.25, 0.3) is 0 Å². The predicted octanol–water partition coefficient (Wildman–Crippen LogP) is 3.85. The normalized spacial score (nSPS) is 13.6. The molecule has 0 atom stereocenters. The molecule has 3 aromatic rings. The molecule has 0 bridgehead atoms. The summed E-state index contributed by atoms with van der Waals surface area (Å²) in [5, 5.41) is 11.5. The molecule has 0 amide bonds. The van der Waals surface area contributed by atoms with Crippen LogP contribution in [0, 0.1) is 0 Å². The van der Waals surface area contributed by atoms with Gasteiger partial charge in [-0.25, -0.2) is 0 Å². The highest BCUT2D eigenvalue weighted by molar-refractivity contribution is 5.60. The fourth-order valence-electron chi connectivity index (χ4n) is 3.33. The summed E-state index contributed by atoms with van der Waals surface area (Å²) in [5.41, 5.74) is 3.46. The van der Waals surface area contributed by atoms with E-state index in [1.54, 1.807) is 6.20 Å². The minimum absolute atomic E-state index is 0.501. The van der Waals surface area contributed by atoms with Crippen molar-refractivity contribution in [3.8, 4) is 0 Å². The molecule has 6 nitrogen and oxygen atoms in total. The number of nitrogens with one attached hydrogen (secondary N) is 1. The first-order chi connectivity index (χ1) is 13.3. The van der Waals surface area contributed by atoms with Crippen molar-refractivity contribution in [2.75, 3.05) is 35.3 Å². The van der Waals surface area contributed by atoms with Crippen molar-refractivity contribution in [2.24, 2.45) is 0 Å². The third kappa shape index (κ3) is 4.34. The van der Waals surface area contributed by atoms with Gasteiger partial charge >= 0.3 is 0 Å². The highest BCUT2D eigenvalue weighted by Crippen LogP contribution is 2.23. The van der Waals surface area contributed by atoms with Gasteiger partial charge in [0.2, 0.25) is 5.95 Å². The number of anilines is 4. The van der Waals surface area contributed by atoms with Crippen molar-refractivity contribution in [1.82, 2.24) is 15.2 Å². The van der Waals surface area contributed by atoms with Gasteiger partial charge in [-0.1, -0.05) is 30.3 Å². The van der Waals surface area contributed by atoms with E-state index in [9.17, 15) is 0 Å². The second kappa shape index (κ2) is 8.03. The SMILES string of the molecule is CN(Cc1ccccc1)c1cnnc(Nc2ccc(N3CCCC3)cc2)n1. The zero-order valence-electron chi connectivity index (χ0n) is 15.5. The summed E-state index contributed by atoms with van der Waals surface area (Å²) in [7, 11) is 2.01. The second-order valence-electron chi connectivity index (χ2n) is 6.85. The molecule has 0 spiro atoms. The zero-order valence-corrected chi connectivity index (χ0v) is 15.5. The molecule has 1 aliphatic rings. The Morgan fingerprint density at radius 2 is 1.74 bits per heavy atom. The average Bonchev–Trinajstić information content (AvgIpc) is 3.24. The topological polar surface area (TPSA) is 57.2 Å². The Morgan fingerprint density at radius 1 is 1.00 bits per heavy atom. The Balaban J connectivity index is 1.43. The molecule has 2 aromatic carbocycles. The molecular formula is C21H24N6. The maximum Gasteiger partial charge on any atom is 0.249 e. The highest BCUT2D eigenvalue weighted by atomic mass is 15.3. The fraction of sp³-hybridized carbons (Fsp3) is 0.286. The van der Waals surface area contributed by atoms with Gasteiger partial charge in [0.1, 0.15) is 0 Å². The summed E-state index contributed by atoms with van der Waals surface area (Å²) in [5.74, 6) is 1.28. The number of benzene rings is 2. The first-order valence-electron chi connectivity index (χ1n) is 9.35. The molecule has 0 aliphatic carbocycles. The van der Waals surface area contributed by atoms with Crippen LogP contribution in [-0.2, 0) is 6.54 Å². The van der Waals surface area contributed by atoms with Gasteiger partial charge in [0.05, 0.1) is 6.20 Å². The Hall–Kier alpha value is -3.15. The van der Waals surface area contributed by atoms with E-state index in [0.29, 0.717) is 5.95 Å². The van der Waals surface area contributed by atoms with Crippen molar-refractivity contribution in [2.45, 2.75) is 19.4 Å². The maximum absolute atomic E-state index is 4.59. The summed E-state index contributed by atoms with van der Waals surface area (Å²) in [6.45, 7) is 3.06. The summed E-state index contributed by atoms with van der Waals surface area (Å²) < 4.78 is 0. The molecule has 1 aliphatic heterocycles. The van der Waals surface area contributed by atoms with E-state index < -0.39 is 0 Å². The first-order valence-corrected chi connectivity index (χ1v) is 9.35. The Bertz CT molecular complexity index is 859. The largest absolute Gasteiger partial charge is 0.372 e. The van der Waals surface area contributed by atoms with Crippen LogP contribution >= 0.6 is 0 Å². The van der Waals surface area contributed by atoms with Gasteiger partial charge in [-0.3, -0.25) is 0 Å². The molecule has 0 saturated carbocycles. The molecule has 0 radical (unpaired) electrons. The Kier molecular flexibility index (Phi) is 5.14. The van der Waals surface area contributed by atoms with E-state index in [1.165, 1.54) is 24.1 Å². The smallest absolute Gasteiger partial charge is 0.249 e.